The highest BCUT2D eigenvalue weighted by Crippen LogP contribution is 2.28. The molecule has 0 unspecified atom stereocenters. The molecule has 4 rings (SSSR count). The Bertz CT molecular complexity index is 914. The van der Waals surface area contributed by atoms with Gasteiger partial charge in [0.1, 0.15) is 0 Å². The highest BCUT2D eigenvalue weighted by atomic mass is 16.5. The van der Waals surface area contributed by atoms with Crippen LogP contribution in [0.5, 0.6) is 0 Å². The molecular formula is C18H17N5O5. The van der Waals surface area contributed by atoms with E-state index in [1.165, 1.54) is 5.56 Å². The van der Waals surface area contributed by atoms with Gasteiger partial charge in [-0.05, 0) is 11.6 Å². The molecule has 0 amide bonds. The number of carboxylic acid groups (broad SMARTS) is 2. The van der Waals surface area contributed by atoms with Gasteiger partial charge in [0.15, 0.2) is 0 Å². The van der Waals surface area contributed by atoms with Crippen LogP contribution in [0.25, 0.3) is 11.6 Å². The molecule has 144 valence electrons. The molecule has 0 saturated carbocycles. The molecule has 1 aliphatic rings. The highest BCUT2D eigenvalue weighted by molar-refractivity contribution is 6.27. The fourth-order valence-corrected chi connectivity index (χ4v) is 2.60. The van der Waals surface area contributed by atoms with Gasteiger partial charge in [-0.3, -0.25) is 4.90 Å². The lowest BCUT2D eigenvalue weighted by atomic mass is 9.99. The Balaban J connectivity index is 0.000000330. The van der Waals surface area contributed by atoms with Gasteiger partial charge in [0, 0.05) is 32.0 Å². The van der Waals surface area contributed by atoms with Gasteiger partial charge in [-0.15, -0.1) is 0 Å². The van der Waals surface area contributed by atoms with E-state index in [0.717, 1.165) is 19.6 Å². The first-order valence-electron chi connectivity index (χ1n) is 8.36. The van der Waals surface area contributed by atoms with E-state index in [4.69, 9.17) is 24.3 Å². The zero-order valence-corrected chi connectivity index (χ0v) is 14.7. The molecule has 1 aliphatic heterocycles. The van der Waals surface area contributed by atoms with Crippen molar-refractivity contribution in [3.63, 3.8) is 0 Å². The molecule has 0 spiro atoms. The summed E-state index contributed by atoms with van der Waals surface area (Å²) < 4.78 is 5.35. The third-order valence-corrected chi connectivity index (χ3v) is 3.95. The molecule has 10 nitrogen and oxygen atoms in total. The summed E-state index contributed by atoms with van der Waals surface area (Å²) in [5.74, 6) is -1.72. The average Bonchev–Trinajstić information content (AvgIpc) is 3.16. The standard InChI is InChI=1S/C16H15N5O.C2H2O4/c1-2-5-12(6-3-1)9-21-10-13(11-21)16-19-15(20-22-16)14-17-7-4-8-18-14;3-1(4)2(5)6/h1-8,13H,9-11H2;(H,3,4)(H,5,6). The van der Waals surface area contributed by atoms with Gasteiger partial charge in [0.05, 0.1) is 5.92 Å². The maximum absolute atomic E-state index is 9.10. The summed E-state index contributed by atoms with van der Waals surface area (Å²) in [7, 11) is 0. The monoisotopic (exact) mass is 383 g/mol. The predicted octanol–water partition coefficient (Wildman–Crippen LogP) is 1.28. The van der Waals surface area contributed by atoms with Crippen LogP contribution in [-0.2, 0) is 16.1 Å². The van der Waals surface area contributed by atoms with E-state index in [-0.39, 0.29) is 0 Å². The van der Waals surface area contributed by atoms with Crippen molar-refractivity contribution in [2.24, 2.45) is 0 Å². The molecule has 1 aromatic carbocycles. The van der Waals surface area contributed by atoms with Crippen molar-refractivity contribution in [1.29, 1.82) is 0 Å². The summed E-state index contributed by atoms with van der Waals surface area (Å²) >= 11 is 0. The molecular weight excluding hydrogens is 366 g/mol. The second-order valence-electron chi connectivity index (χ2n) is 6.02. The van der Waals surface area contributed by atoms with Crippen LogP contribution in [0, 0.1) is 0 Å². The van der Waals surface area contributed by atoms with Crippen molar-refractivity contribution in [2.45, 2.75) is 12.5 Å². The van der Waals surface area contributed by atoms with E-state index in [0.29, 0.717) is 23.5 Å². The molecule has 0 atom stereocenters. The number of hydrogen-bond acceptors (Lipinski definition) is 8. The van der Waals surface area contributed by atoms with Crippen LogP contribution < -0.4 is 0 Å². The molecule has 28 heavy (non-hydrogen) atoms. The molecule has 1 fully saturated rings. The number of aromatic nitrogens is 4. The summed E-state index contributed by atoms with van der Waals surface area (Å²) in [5.41, 5.74) is 1.32. The van der Waals surface area contributed by atoms with Crippen molar-refractivity contribution < 1.29 is 24.3 Å². The van der Waals surface area contributed by atoms with Crippen LogP contribution in [0.1, 0.15) is 17.4 Å². The minimum atomic E-state index is -1.82. The quantitative estimate of drug-likeness (QED) is 0.632. The third kappa shape index (κ3) is 4.95. The summed E-state index contributed by atoms with van der Waals surface area (Å²) in [6, 6.07) is 12.2. The first-order chi connectivity index (χ1) is 13.5. The van der Waals surface area contributed by atoms with E-state index in [1.807, 2.05) is 6.07 Å². The lowest BCUT2D eigenvalue weighted by Crippen LogP contribution is -2.44. The Morgan fingerprint density at radius 1 is 1.00 bits per heavy atom. The van der Waals surface area contributed by atoms with Gasteiger partial charge in [0.2, 0.25) is 17.5 Å². The van der Waals surface area contributed by atoms with Gasteiger partial charge in [-0.1, -0.05) is 35.5 Å². The third-order valence-electron chi connectivity index (χ3n) is 3.95. The number of carbonyl (C=O) groups is 2. The van der Waals surface area contributed by atoms with Crippen molar-refractivity contribution in [3.8, 4) is 11.6 Å². The summed E-state index contributed by atoms with van der Waals surface area (Å²) in [4.78, 5) is 33.2. The molecule has 3 heterocycles. The minimum absolute atomic E-state index is 0.300. The molecule has 2 aromatic heterocycles. The Hall–Kier alpha value is -3.66. The van der Waals surface area contributed by atoms with Gasteiger partial charge >= 0.3 is 11.9 Å². The van der Waals surface area contributed by atoms with Crippen LogP contribution in [0.3, 0.4) is 0 Å². The summed E-state index contributed by atoms with van der Waals surface area (Å²) in [6.07, 6.45) is 3.34. The zero-order valence-electron chi connectivity index (χ0n) is 14.7. The molecule has 2 N–H and O–H groups in total. The van der Waals surface area contributed by atoms with Crippen LogP contribution in [0.15, 0.2) is 53.3 Å². The van der Waals surface area contributed by atoms with Crippen molar-refractivity contribution in [1.82, 2.24) is 25.0 Å². The van der Waals surface area contributed by atoms with E-state index in [9.17, 15) is 0 Å². The van der Waals surface area contributed by atoms with E-state index >= 15 is 0 Å². The van der Waals surface area contributed by atoms with Crippen LogP contribution in [0.4, 0.5) is 0 Å². The van der Waals surface area contributed by atoms with Crippen LogP contribution in [0.2, 0.25) is 0 Å². The average molecular weight is 383 g/mol. The first-order valence-corrected chi connectivity index (χ1v) is 8.36. The Morgan fingerprint density at radius 2 is 1.64 bits per heavy atom. The SMILES string of the molecule is O=C(O)C(=O)O.c1ccc(CN2CC(c3nc(-c4ncccn4)no3)C2)cc1. The zero-order chi connectivity index (χ0) is 19.9. The molecule has 10 heteroatoms. The highest BCUT2D eigenvalue weighted by Gasteiger charge is 2.32. The smallest absolute Gasteiger partial charge is 0.414 e. The van der Waals surface area contributed by atoms with E-state index in [2.05, 4.69) is 49.3 Å². The van der Waals surface area contributed by atoms with Gasteiger partial charge in [0.25, 0.3) is 0 Å². The maximum Gasteiger partial charge on any atom is 0.414 e. The Labute approximate surface area is 159 Å². The lowest BCUT2D eigenvalue weighted by Gasteiger charge is -2.37. The van der Waals surface area contributed by atoms with E-state index < -0.39 is 11.9 Å². The second kappa shape index (κ2) is 8.82. The van der Waals surface area contributed by atoms with Gasteiger partial charge < -0.3 is 14.7 Å². The van der Waals surface area contributed by atoms with Crippen molar-refractivity contribution in [3.05, 3.63) is 60.2 Å². The normalized spacial score (nSPS) is 13.9. The lowest BCUT2D eigenvalue weighted by molar-refractivity contribution is -0.159. The topological polar surface area (TPSA) is 143 Å². The molecule has 0 bridgehead atoms. The maximum atomic E-state index is 9.10. The summed E-state index contributed by atoms with van der Waals surface area (Å²) in [5, 5.41) is 18.8. The predicted molar refractivity (Wildman–Crippen MR) is 95.1 cm³/mol. The molecule has 1 saturated heterocycles. The van der Waals surface area contributed by atoms with Crippen LogP contribution in [-0.4, -0.2) is 60.2 Å². The largest absolute Gasteiger partial charge is 0.473 e. The summed E-state index contributed by atoms with van der Waals surface area (Å²) in [6.45, 7) is 2.83. The number of aliphatic carboxylic acids is 2. The van der Waals surface area contributed by atoms with Gasteiger partial charge in [-0.25, -0.2) is 19.6 Å². The van der Waals surface area contributed by atoms with Crippen molar-refractivity contribution >= 4 is 11.9 Å². The first kappa shape index (κ1) is 19.1. The number of rotatable bonds is 4. The van der Waals surface area contributed by atoms with E-state index in [1.54, 1.807) is 18.5 Å². The Kier molecular flexibility index (Phi) is 6.02. The number of benzene rings is 1. The van der Waals surface area contributed by atoms with Crippen LogP contribution >= 0.6 is 0 Å². The number of carboxylic acids is 2. The number of nitrogens with zero attached hydrogens (tertiary/aromatic N) is 5. The van der Waals surface area contributed by atoms with Gasteiger partial charge in [-0.2, -0.15) is 4.98 Å². The fraction of sp³-hybridized carbons (Fsp3) is 0.222. The minimum Gasteiger partial charge on any atom is -0.473 e. The molecule has 0 radical (unpaired) electrons. The number of hydrogen-bond donors (Lipinski definition) is 2. The Morgan fingerprint density at radius 3 is 2.25 bits per heavy atom. The molecule has 0 aliphatic carbocycles. The number of likely N-dealkylation sites (tertiary alicyclic amines) is 1. The molecule has 3 aromatic rings. The van der Waals surface area contributed by atoms with Crippen molar-refractivity contribution in [2.75, 3.05) is 13.1 Å². The second-order valence-corrected chi connectivity index (χ2v) is 6.02. The fourth-order valence-electron chi connectivity index (χ4n) is 2.60.